The summed E-state index contributed by atoms with van der Waals surface area (Å²) in [5, 5.41) is 0. The molecule has 0 bridgehead atoms. The van der Waals surface area contributed by atoms with Crippen LogP contribution in [-0.2, 0) is 0 Å². The predicted octanol–water partition coefficient (Wildman–Crippen LogP) is 1.82. The molecule has 0 spiro atoms. The van der Waals surface area contributed by atoms with Crippen LogP contribution < -0.4 is 0 Å². The van der Waals surface area contributed by atoms with Crippen molar-refractivity contribution in [3.05, 3.63) is 12.2 Å². The van der Waals surface area contributed by atoms with Crippen LogP contribution in [0, 0.1) is 0 Å². The van der Waals surface area contributed by atoms with Gasteiger partial charge in [0.05, 0.1) is 4.20 Å². The zero-order chi connectivity index (χ0) is 5.15. The van der Waals surface area contributed by atoms with Crippen molar-refractivity contribution in [2.24, 2.45) is 0 Å². The van der Waals surface area contributed by atoms with Crippen molar-refractivity contribution in [2.45, 2.75) is 6.92 Å². The maximum absolute atomic E-state index is 4.58. The smallest absolute Gasteiger partial charge is 0.0698 e. The van der Waals surface area contributed by atoms with E-state index in [9.17, 15) is 0 Å². The lowest BCUT2D eigenvalue weighted by Crippen LogP contribution is -1.77. The summed E-state index contributed by atoms with van der Waals surface area (Å²) < 4.78 is 0.593. The summed E-state index contributed by atoms with van der Waals surface area (Å²) in [6, 6.07) is 0. The van der Waals surface area contributed by atoms with Crippen LogP contribution in [0.1, 0.15) is 6.92 Å². The highest BCUT2D eigenvalue weighted by Crippen LogP contribution is 1.94. The third-order valence-electron chi connectivity index (χ3n) is 0.365. The van der Waals surface area contributed by atoms with Crippen LogP contribution in [-0.4, -0.2) is 4.20 Å². The fourth-order valence-electron chi connectivity index (χ4n) is 0. The van der Waals surface area contributed by atoms with Crippen LogP contribution in [0.4, 0.5) is 0 Å². The third kappa shape index (κ3) is 2.42. The van der Waals surface area contributed by atoms with Crippen molar-refractivity contribution in [3.8, 4) is 0 Å². The van der Waals surface area contributed by atoms with E-state index in [1.54, 1.807) is 0 Å². The van der Waals surface area contributed by atoms with Gasteiger partial charge in [0.15, 0.2) is 0 Å². The van der Waals surface area contributed by atoms with Crippen molar-refractivity contribution in [2.75, 3.05) is 0 Å². The van der Waals surface area contributed by atoms with Gasteiger partial charge in [0, 0.05) is 0 Å². The molecule has 0 fully saturated rings. The minimum atomic E-state index is 0.593. The Morgan fingerprint density at radius 2 is 2.00 bits per heavy atom. The highest BCUT2D eigenvalue weighted by Gasteiger charge is 1.81. The minimum absolute atomic E-state index is 0.593. The van der Waals surface area contributed by atoms with Crippen molar-refractivity contribution < 1.29 is 0 Å². The molecule has 0 aliphatic heterocycles. The second-order valence-electron chi connectivity index (χ2n) is 1.09. The summed E-state index contributed by atoms with van der Waals surface area (Å²) in [6.45, 7) is 5.37. The molecule has 0 heterocycles. The molecular formula is C4H6S2. The lowest BCUT2D eigenvalue weighted by Gasteiger charge is -1.84. The van der Waals surface area contributed by atoms with Crippen LogP contribution in [0.2, 0.25) is 0 Å². The Morgan fingerprint density at radius 1 is 1.83 bits per heavy atom. The van der Waals surface area contributed by atoms with Crippen LogP contribution in [0.3, 0.4) is 0 Å². The Morgan fingerprint density at radius 3 is 2.00 bits per heavy atom. The molecular weight excluding hydrogens is 112 g/mol. The Labute approximate surface area is 48.7 Å². The second-order valence-corrected chi connectivity index (χ2v) is 2.24. The molecule has 0 aromatic heterocycles. The van der Waals surface area contributed by atoms with Gasteiger partial charge >= 0.3 is 0 Å². The lowest BCUT2D eigenvalue weighted by molar-refractivity contribution is 1.69. The minimum Gasteiger partial charge on any atom is -0.132 e. The van der Waals surface area contributed by atoms with Crippen LogP contribution in [0.5, 0.6) is 0 Å². The lowest BCUT2D eigenvalue weighted by atomic mass is 10.4. The van der Waals surface area contributed by atoms with Crippen LogP contribution in [0.25, 0.3) is 0 Å². The molecule has 0 nitrogen and oxygen atoms in total. The van der Waals surface area contributed by atoms with E-state index in [1.807, 2.05) is 6.92 Å². The Hall–Kier alpha value is 0.180. The molecule has 0 amide bonds. The number of rotatable bonds is 1. The van der Waals surface area contributed by atoms with E-state index in [0.29, 0.717) is 4.20 Å². The maximum atomic E-state index is 4.58. The van der Waals surface area contributed by atoms with E-state index in [-0.39, 0.29) is 0 Å². The molecule has 0 radical (unpaired) electrons. The standard InChI is InChI=1S/C4H6S2/c1-3(2)4(5)6/h1H2,2H3,(H,5,6). The first kappa shape index (κ1) is 6.18. The Bertz CT molecular complexity index is 71.5. The highest BCUT2D eigenvalue weighted by molar-refractivity contribution is 8.11. The van der Waals surface area contributed by atoms with Gasteiger partial charge in [0.1, 0.15) is 0 Å². The quantitative estimate of drug-likeness (QED) is 0.311. The van der Waals surface area contributed by atoms with Crippen molar-refractivity contribution in [1.29, 1.82) is 0 Å². The molecule has 0 aliphatic rings. The monoisotopic (exact) mass is 118 g/mol. The summed E-state index contributed by atoms with van der Waals surface area (Å²) in [5.74, 6) is 0. The molecule has 0 aromatic rings. The van der Waals surface area contributed by atoms with E-state index in [0.717, 1.165) is 5.57 Å². The highest BCUT2D eigenvalue weighted by atomic mass is 32.1. The molecule has 2 heteroatoms. The van der Waals surface area contributed by atoms with Gasteiger partial charge < -0.3 is 0 Å². The summed E-state index contributed by atoms with van der Waals surface area (Å²) in [6.07, 6.45) is 0. The molecule has 0 rings (SSSR count). The molecule has 0 atom stereocenters. The van der Waals surface area contributed by atoms with E-state index in [1.165, 1.54) is 0 Å². The second kappa shape index (κ2) is 2.37. The largest absolute Gasteiger partial charge is 0.132 e. The average Bonchev–Trinajstić information content (AvgIpc) is 1.36. The number of hydrogen-bond acceptors (Lipinski definition) is 1. The zero-order valence-electron chi connectivity index (χ0n) is 3.56. The van der Waals surface area contributed by atoms with Gasteiger partial charge in [-0.05, 0) is 12.5 Å². The average molecular weight is 118 g/mol. The summed E-state index contributed by atoms with van der Waals surface area (Å²) >= 11 is 8.41. The van der Waals surface area contributed by atoms with Gasteiger partial charge in [0.25, 0.3) is 0 Å². The SMILES string of the molecule is C=C(C)C(=S)S. The van der Waals surface area contributed by atoms with E-state index in [4.69, 9.17) is 0 Å². The van der Waals surface area contributed by atoms with Gasteiger partial charge in [-0.3, -0.25) is 0 Å². The number of thiol groups is 1. The molecule has 34 valence electrons. The van der Waals surface area contributed by atoms with E-state index < -0.39 is 0 Å². The molecule has 0 N–H and O–H groups in total. The first-order valence-electron chi connectivity index (χ1n) is 1.53. The summed E-state index contributed by atoms with van der Waals surface area (Å²) in [7, 11) is 0. The first-order valence-corrected chi connectivity index (χ1v) is 2.39. The van der Waals surface area contributed by atoms with Gasteiger partial charge in [-0.15, -0.1) is 12.6 Å². The van der Waals surface area contributed by atoms with Crippen LogP contribution in [0.15, 0.2) is 12.2 Å². The third-order valence-corrected chi connectivity index (χ3v) is 1.10. The number of thiocarbonyl (C=S) groups is 1. The maximum Gasteiger partial charge on any atom is 0.0698 e. The van der Waals surface area contributed by atoms with Crippen molar-refractivity contribution in [1.82, 2.24) is 0 Å². The molecule has 6 heavy (non-hydrogen) atoms. The van der Waals surface area contributed by atoms with Gasteiger partial charge in [0.2, 0.25) is 0 Å². The normalized spacial score (nSPS) is 7.67. The fourth-order valence-corrected chi connectivity index (χ4v) is 0. The summed E-state index contributed by atoms with van der Waals surface area (Å²) in [5.41, 5.74) is 0.855. The van der Waals surface area contributed by atoms with E-state index in [2.05, 4.69) is 31.4 Å². The fraction of sp³-hybridized carbons (Fsp3) is 0.250. The first-order chi connectivity index (χ1) is 2.64. The van der Waals surface area contributed by atoms with Gasteiger partial charge in [-0.2, -0.15) is 0 Å². The molecule has 0 unspecified atom stereocenters. The number of hydrogen-bond donors (Lipinski definition) is 1. The topological polar surface area (TPSA) is 0 Å². The Balaban J connectivity index is 3.57. The van der Waals surface area contributed by atoms with Crippen molar-refractivity contribution in [3.63, 3.8) is 0 Å². The molecule has 0 saturated heterocycles. The summed E-state index contributed by atoms with van der Waals surface area (Å²) in [4.78, 5) is 0. The predicted molar refractivity (Wildman–Crippen MR) is 36.4 cm³/mol. The van der Waals surface area contributed by atoms with Crippen molar-refractivity contribution >= 4 is 29.0 Å². The molecule has 0 aliphatic carbocycles. The van der Waals surface area contributed by atoms with Gasteiger partial charge in [-0.1, -0.05) is 18.8 Å². The Kier molecular flexibility index (Phi) is 2.44. The molecule has 0 saturated carbocycles. The van der Waals surface area contributed by atoms with E-state index >= 15 is 0 Å². The van der Waals surface area contributed by atoms with Gasteiger partial charge in [-0.25, -0.2) is 0 Å². The van der Waals surface area contributed by atoms with Crippen LogP contribution >= 0.6 is 24.8 Å². The zero-order valence-corrected chi connectivity index (χ0v) is 5.27. The molecule has 0 aromatic carbocycles.